The average molecular weight is 386 g/mol. The van der Waals surface area contributed by atoms with E-state index < -0.39 is 17.7 Å². The Labute approximate surface area is 167 Å². The highest BCUT2D eigenvalue weighted by Crippen LogP contribution is 2.42. The molecule has 144 valence electrons. The normalized spacial score (nSPS) is 18.2. The number of phenols is 1. The van der Waals surface area contributed by atoms with Crippen molar-refractivity contribution in [2.45, 2.75) is 13.0 Å². The maximum atomic E-state index is 12.9. The van der Waals surface area contributed by atoms with Gasteiger partial charge in [-0.3, -0.25) is 19.5 Å². The van der Waals surface area contributed by atoms with E-state index in [9.17, 15) is 19.8 Å². The van der Waals surface area contributed by atoms with Crippen molar-refractivity contribution in [3.05, 3.63) is 95.3 Å². The zero-order valence-electron chi connectivity index (χ0n) is 15.6. The first-order valence-corrected chi connectivity index (χ1v) is 9.04. The van der Waals surface area contributed by atoms with Gasteiger partial charge >= 0.3 is 0 Å². The molecule has 1 aliphatic heterocycles. The Balaban J connectivity index is 1.95. The van der Waals surface area contributed by atoms with E-state index in [2.05, 4.69) is 4.98 Å². The zero-order valence-corrected chi connectivity index (χ0v) is 15.6. The van der Waals surface area contributed by atoms with Gasteiger partial charge in [-0.05, 0) is 36.8 Å². The quantitative estimate of drug-likeness (QED) is 0.407. The van der Waals surface area contributed by atoms with Crippen molar-refractivity contribution in [2.24, 2.45) is 0 Å². The number of nitrogens with zero attached hydrogens (tertiary/aromatic N) is 2. The molecule has 1 atom stereocenters. The predicted molar refractivity (Wildman–Crippen MR) is 108 cm³/mol. The molecule has 1 aromatic heterocycles. The van der Waals surface area contributed by atoms with E-state index in [1.807, 2.05) is 19.1 Å². The summed E-state index contributed by atoms with van der Waals surface area (Å²) in [5.74, 6) is -1.82. The fraction of sp³-hybridized carbons (Fsp3) is 0.0870. The van der Waals surface area contributed by atoms with E-state index in [1.165, 1.54) is 23.2 Å². The van der Waals surface area contributed by atoms with Crippen LogP contribution in [0.4, 0.5) is 5.69 Å². The van der Waals surface area contributed by atoms with Crippen molar-refractivity contribution in [3.8, 4) is 5.75 Å². The van der Waals surface area contributed by atoms with Crippen LogP contribution in [-0.4, -0.2) is 26.9 Å². The highest BCUT2D eigenvalue weighted by Gasteiger charge is 2.47. The molecule has 6 nitrogen and oxygen atoms in total. The highest BCUT2D eigenvalue weighted by atomic mass is 16.3. The molecule has 0 radical (unpaired) electrons. The molecule has 0 bridgehead atoms. The van der Waals surface area contributed by atoms with Crippen LogP contribution in [0.25, 0.3) is 5.76 Å². The maximum Gasteiger partial charge on any atom is 0.300 e. The first-order chi connectivity index (χ1) is 14.0. The first-order valence-electron chi connectivity index (χ1n) is 9.04. The average Bonchev–Trinajstić information content (AvgIpc) is 2.99. The van der Waals surface area contributed by atoms with E-state index in [0.717, 1.165) is 5.56 Å². The lowest BCUT2D eigenvalue weighted by Crippen LogP contribution is -2.29. The number of Topliss-reactive ketones (excluding diaryl/α,β-unsaturated/α-hetero) is 1. The van der Waals surface area contributed by atoms with Gasteiger partial charge in [0.25, 0.3) is 11.7 Å². The summed E-state index contributed by atoms with van der Waals surface area (Å²) < 4.78 is 0. The third-order valence-corrected chi connectivity index (χ3v) is 4.88. The summed E-state index contributed by atoms with van der Waals surface area (Å²) in [6.07, 6.45) is 3.04. The summed E-state index contributed by atoms with van der Waals surface area (Å²) in [6, 6.07) is 15.7. The third-order valence-electron chi connectivity index (χ3n) is 4.88. The smallest absolute Gasteiger partial charge is 0.300 e. The molecule has 0 unspecified atom stereocenters. The molecule has 2 heterocycles. The van der Waals surface area contributed by atoms with Crippen LogP contribution < -0.4 is 4.90 Å². The summed E-state index contributed by atoms with van der Waals surface area (Å²) in [6.45, 7) is 1.91. The number of benzene rings is 2. The Morgan fingerprint density at radius 1 is 1.03 bits per heavy atom. The first kappa shape index (κ1) is 18.4. The number of rotatable bonds is 3. The Hall–Kier alpha value is -3.93. The standard InChI is InChI=1S/C23H18N2O4/c1-14-7-9-15(10-8-14)21(27)19-20(16-4-2-6-18(26)12-16)25(23(29)22(19)28)17-5-3-11-24-13-17/h2-13,20,26-27H,1H3/t20-/m0/s1. The largest absolute Gasteiger partial charge is 0.508 e. The highest BCUT2D eigenvalue weighted by molar-refractivity contribution is 6.51. The lowest BCUT2D eigenvalue weighted by Gasteiger charge is -2.25. The number of pyridine rings is 1. The van der Waals surface area contributed by atoms with Crippen molar-refractivity contribution in [3.63, 3.8) is 0 Å². The van der Waals surface area contributed by atoms with Gasteiger partial charge < -0.3 is 10.2 Å². The van der Waals surface area contributed by atoms with Crippen molar-refractivity contribution in [1.29, 1.82) is 0 Å². The van der Waals surface area contributed by atoms with Crippen LogP contribution in [-0.2, 0) is 9.59 Å². The molecule has 1 saturated heterocycles. The van der Waals surface area contributed by atoms with Gasteiger partial charge in [-0.2, -0.15) is 0 Å². The van der Waals surface area contributed by atoms with Gasteiger partial charge in [0.2, 0.25) is 0 Å². The second-order valence-corrected chi connectivity index (χ2v) is 6.84. The van der Waals surface area contributed by atoms with Crippen molar-refractivity contribution in [1.82, 2.24) is 4.98 Å². The number of phenolic OH excluding ortho intramolecular Hbond substituents is 1. The van der Waals surface area contributed by atoms with Crippen molar-refractivity contribution in [2.75, 3.05) is 4.90 Å². The van der Waals surface area contributed by atoms with E-state index in [4.69, 9.17) is 0 Å². The number of aromatic hydroxyl groups is 1. The number of ketones is 1. The van der Waals surface area contributed by atoms with Crippen molar-refractivity contribution < 1.29 is 19.8 Å². The number of aliphatic hydroxyl groups is 1. The van der Waals surface area contributed by atoms with Gasteiger partial charge in [-0.25, -0.2) is 0 Å². The van der Waals surface area contributed by atoms with Crippen LogP contribution in [0.2, 0.25) is 0 Å². The number of amides is 1. The van der Waals surface area contributed by atoms with Gasteiger partial charge in [-0.15, -0.1) is 0 Å². The molecule has 0 saturated carbocycles. The van der Waals surface area contributed by atoms with Crippen LogP contribution in [0.15, 0.2) is 78.6 Å². The van der Waals surface area contributed by atoms with E-state index in [-0.39, 0.29) is 17.1 Å². The van der Waals surface area contributed by atoms with Crippen LogP contribution in [0, 0.1) is 6.92 Å². The minimum Gasteiger partial charge on any atom is -0.508 e. The maximum absolute atomic E-state index is 12.9. The number of aliphatic hydroxyl groups excluding tert-OH is 1. The number of aryl methyl sites for hydroxylation is 1. The molecule has 29 heavy (non-hydrogen) atoms. The van der Waals surface area contributed by atoms with Gasteiger partial charge in [0, 0.05) is 11.8 Å². The minimum absolute atomic E-state index is 0.00499. The number of aromatic nitrogens is 1. The molecule has 1 aliphatic rings. The molecule has 2 aromatic carbocycles. The Morgan fingerprint density at radius 3 is 2.45 bits per heavy atom. The van der Waals surface area contributed by atoms with E-state index in [1.54, 1.807) is 42.6 Å². The molecule has 0 spiro atoms. The Bertz CT molecular complexity index is 1120. The van der Waals surface area contributed by atoms with Crippen LogP contribution in [0.5, 0.6) is 5.75 Å². The molecule has 6 heteroatoms. The fourth-order valence-electron chi connectivity index (χ4n) is 3.47. The molecule has 1 amide bonds. The van der Waals surface area contributed by atoms with Gasteiger partial charge in [0.1, 0.15) is 11.5 Å². The number of carbonyl (C=O) groups is 2. The molecule has 1 fully saturated rings. The number of anilines is 1. The lowest BCUT2D eigenvalue weighted by atomic mass is 9.95. The summed E-state index contributed by atoms with van der Waals surface area (Å²) in [4.78, 5) is 31.2. The molecular weight excluding hydrogens is 368 g/mol. The Morgan fingerprint density at radius 2 is 1.79 bits per heavy atom. The minimum atomic E-state index is -0.896. The summed E-state index contributed by atoms with van der Waals surface area (Å²) >= 11 is 0. The lowest BCUT2D eigenvalue weighted by molar-refractivity contribution is -0.132. The van der Waals surface area contributed by atoms with Crippen LogP contribution in [0.1, 0.15) is 22.7 Å². The van der Waals surface area contributed by atoms with E-state index in [0.29, 0.717) is 16.8 Å². The monoisotopic (exact) mass is 386 g/mol. The summed E-state index contributed by atoms with van der Waals surface area (Å²) in [7, 11) is 0. The molecule has 2 N–H and O–H groups in total. The number of carbonyl (C=O) groups excluding carboxylic acids is 2. The predicted octanol–water partition coefficient (Wildman–Crippen LogP) is 3.72. The molecule has 3 aromatic rings. The Kier molecular flexibility index (Phi) is 4.60. The number of hydrogen-bond acceptors (Lipinski definition) is 5. The summed E-state index contributed by atoms with van der Waals surface area (Å²) in [5, 5.41) is 20.9. The molecule has 0 aliphatic carbocycles. The van der Waals surface area contributed by atoms with Gasteiger partial charge in [0.05, 0.1) is 23.5 Å². The third kappa shape index (κ3) is 3.25. The SMILES string of the molecule is Cc1ccc(C(O)=C2C(=O)C(=O)N(c3cccnc3)[C@H]2c2cccc(O)c2)cc1. The topological polar surface area (TPSA) is 90.7 Å². The van der Waals surface area contributed by atoms with Gasteiger partial charge in [0.15, 0.2) is 0 Å². The second-order valence-electron chi connectivity index (χ2n) is 6.84. The molecular formula is C23H18N2O4. The fourth-order valence-corrected chi connectivity index (χ4v) is 3.47. The number of hydrogen-bond donors (Lipinski definition) is 2. The zero-order chi connectivity index (χ0) is 20.5. The molecule has 4 rings (SSSR count). The van der Waals surface area contributed by atoms with Gasteiger partial charge in [-0.1, -0.05) is 42.0 Å². The second kappa shape index (κ2) is 7.24. The van der Waals surface area contributed by atoms with Crippen molar-refractivity contribution >= 4 is 23.1 Å². The summed E-state index contributed by atoms with van der Waals surface area (Å²) in [5.41, 5.74) is 2.33. The van der Waals surface area contributed by atoms with Crippen LogP contribution >= 0.6 is 0 Å². The van der Waals surface area contributed by atoms with Crippen LogP contribution in [0.3, 0.4) is 0 Å². The van der Waals surface area contributed by atoms with E-state index >= 15 is 0 Å².